The third kappa shape index (κ3) is 9.74. The molecule has 0 aliphatic heterocycles. The minimum Gasteiger partial charge on any atom is -0.462 e. The highest BCUT2D eigenvalue weighted by Crippen LogP contribution is 2.20. The summed E-state index contributed by atoms with van der Waals surface area (Å²) in [7, 11) is 0. The van der Waals surface area contributed by atoms with Gasteiger partial charge in [0.15, 0.2) is 0 Å². The first kappa shape index (κ1) is 22.7. The Bertz CT molecular complexity index is 385. The molecule has 0 unspecified atom stereocenters. The maximum Gasteiger partial charge on any atom is 0.334 e. The summed E-state index contributed by atoms with van der Waals surface area (Å²) >= 11 is 0. The topological polar surface area (TPSA) is 52.6 Å². The van der Waals surface area contributed by atoms with E-state index in [0.717, 1.165) is 25.7 Å². The Morgan fingerprint density at radius 1 is 0.625 bits per heavy atom. The van der Waals surface area contributed by atoms with Gasteiger partial charge in [-0.1, -0.05) is 59.8 Å². The standard InChI is InChI=1S/C20H36O4/c1-5-9-10-11-12-13-14-18(20(22)24-16-7-3)17(8-4)19(21)23-15-6-2/h5-16H2,1-4H3/b18-17-. The number of carbonyl (C=O) groups is 2. The molecule has 0 aliphatic carbocycles. The lowest BCUT2D eigenvalue weighted by Gasteiger charge is -2.13. The number of hydrogen-bond acceptors (Lipinski definition) is 4. The molecule has 0 saturated carbocycles. The van der Waals surface area contributed by atoms with E-state index in [1.54, 1.807) is 0 Å². The quantitative estimate of drug-likeness (QED) is 0.243. The van der Waals surface area contributed by atoms with Gasteiger partial charge in [-0.2, -0.15) is 0 Å². The molecule has 0 bridgehead atoms. The van der Waals surface area contributed by atoms with Crippen molar-refractivity contribution in [2.75, 3.05) is 13.2 Å². The SMILES string of the molecule is CCCCCCCC/C(C(=O)OCCC)=C(\CC)C(=O)OCCC. The molecule has 4 heteroatoms. The van der Waals surface area contributed by atoms with Crippen molar-refractivity contribution in [1.29, 1.82) is 0 Å². The number of rotatable bonds is 14. The van der Waals surface area contributed by atoms with Crippen molar-refractivity contribution in [3.05, 3.63) is 11.1 Å². The average molecular weight is 341 g/mol. The van der Waals surface area contributed by atoms with Gasteiger partial charge < -0.3 is 9.47 Å². The first-order valence-electron chi connectivity index (χ1n) is 9.68. The minimum atomic E-state index is -0.367. The average Bonchev–Trinajstić information content (AvgIpc) is 2.59. The summed E-state index contributed by atoms with van der Waals surface area (Å²) in [5.41, 5.74) is 1.00. The van der Waals surface area contributed by atoms with Crippen molar-refractivity contribution in [2.24, 2.45) is 0 Å². The van der Waals surface area contributed by atoms with E-state index in [2.05, 4.69) is 6.92 Å². The molecular formula is C20H36O4. The second-order valence-electron chi connectivity index (χ2n) is 6.10. The summed E-state index contributed by atoms with van der Waals surface area (Å²) in [5.74, 6) is -0.718. The van der Waals surface area contributed by atoms with E-state index >= 15 is 0 Å². The van der Waals surface area contributed by atoms with Gasteiger partial charge in [0.25, 0.3) is 0 Å². The molecule has 0 aromatic carbocycles. The van der Waals surface area contributed by atoms with Gasteiger partial charge in [-0.3, -0.25) is 0 Å². The lowest BCUT2D eigenvalue weighted by atomic mass is 9.99. The van der Waals surface area contributed by atoms with Crippen LogP contribution in [0.5, 0.6) is 0 Å². The highest BCUT2D eigenvalue weighted by Gasteiger charge is 2.21. The summed E-state index contributed by atoms with van der Waals surface area (Å²) in [4.78, 5) is 24.6. The molecule has 0 aromatic rings. The highest BCUT2D eigenvalue weighted by atomic mass is 16.5. The Morgan fingerprint density at radius 2 is 1.12 bits per heavy atom. The van der Waals surface area contributed by atoms with E-state index in [0.29, 0.717) is 37.2 Å². The first-order valence-corrected chi connectivity index (χ1v) is 9.68. The van der Waals surface area contributed by atoms with Crippen LogP contribution in [-0.4, -0.2) is 25.2 Å². The molecule has 0 fully saturated rings. The smallest absolute Gasteiger partial charge is 0.334 e. The van der Waals surface area contributed by atoms with E-state index in [4.69, 9.17) is 9.47 Å². The third-order valence-corrected chi connectivity index (χ3v) is 3.87. The molecule has 140 valence electrons. The van der Waals surface area contributed by atoms with Crippen molar-refractivity contribution < 1.29 is 19.1 Å². The van der Waals surface area contributed by atoms with Crippen LogP contribution in [-0.2, 0) is 19.1 Å². The zero-order valence-electron chi connectivity index (χ0n) is 16.1. The van der Waals surface area contributed by atoms with Crippen molar-refractivity contribution >= 4 is 11.9 Å². The van der Waals surface area contributed by atoms with Crippen LogP contribution < -0.4 is 0 Å². The van der Waals surface area contributed by atoms with E-state index in [9.17, 15) is 9.59 Å². The first-order chi connectivity index (χ1) is 11.6. The van der Waals surface area contributed by atoms with E-state index in [1.165, 1.54) is 25.7 Å². The molecule has 0 amide bonds. The summed E-state index contributed by atoms with van der Waals surface area (Å²) < 4.78 is 10.5. The molecule has 0 saturated heterocycles. The Labute approximate surface area is 148 Å². The van der Waals surface area contributed by atoms with Crippen LogP contribution in [0.25, 0.3) is 0 Å². The zero-order valence-corrected chi connectivity index (χ0v) is 16.1. The van der Waals surface area contributed by atoms with Crippen LogP contribution in [0.3, 0.4) is 0 Å². The molecule has 0 N–H and O–H groups in total. The molecule has 24 heavy (non-hydrogen) atoms. The molecule has 0 heterocycles. The number of hydrogen-bond donors (Lipinski definition) is 0. The summed E-state index contributed by atoms with van der Waals surface area (Å²) in [6, 6.07) is 0. The normalized spacial score (nSPS) is 11.8. The van der Waals surface area contributed by atoms with E-state index in [-0.39, 0.29) is 11.9 Å². The number of unbranched alkanes of at least 4 members (excludes halogenated alkanes) is 5. The molecule has 4 nitrogen and oxygen atoms in total. The van der Waals surface area contributed by atoms with Gasteiger partial charge in [-0.25, -0.2) is 9.59 Å². The maximum atomic E-state index is 12.4. The fraction of sp³-hybridized carbons (Fsp3) is 0.800. The fourth-order valence-electron chi connectivity index (χ4n) is 2.50. The number of carbonyl (C=O) groups excluding carboxylic acids is 2. The molecule has 0 aliphatic rings. The monoisotopic (exact) mass is 340 g/mol. The van der Waals surface area contributed by atoms with Crippen LogP contribution in [0.1, 0.15) is 91.9 Å². The predicted molar refractivity (Wildman–Crippen MR) is 97.8 cm³/mol. The van der Waals surface area contributed by atoms with Gasteiger partial charge in [0, 0.05) is 11.1 Å². The Balaban J connectivity index is 4.89. The zero-order chi connectivity index (χ0) is 18.2. The van der Waals surface area contributed by atoms with Gasteiger partial charge in [0.1, 0.15) is 0 Å². The molecule has 0 atom stereocenters. The fourth-order valence-corrected chi connectivity index (χ4v) is 2.50. The minimum absolute atomic E-state index is 0.351. The second-order valence-corrected chi connectivity index (χ2v) is 6.10. The lowest BCUT2D eigenvalue weighted by molar-refractivity contribution is -0.142. The van der Waals surface area contributed by atoms with Crippen molar-refractivity contribution in [3.8, 4) is 0 Å². The van der Waals surface area contributed by atoms with Crippen molar-refractivity contribution in [3.63, 3.8) is 0 Å². The number of ether oxygens (including phenoxy) is 2. The summed E-state index contributed by atoms with van der Waals surface area (Å²) in [5, 5.41) is 0. The summed E-state index contributed by atoms with van der Waals surface area (Å²) in [6.45, 7) is 8.77. The Morgan fingerprint density at radius 3 is 1.62 bits per heavy atom. The van der Waals surface area contributed by atoms with E-state index < -0.39 is 0 Å². The van der Waals surface area contributed by atoms with Crippen LogP contribution >= 0.6 is 0 Å². The van der Waals surface area contributed by atoms with E-state index in [1.807, 2.05) is 20.8 Å². The van der Waals surface area contributed by atoms with Crippen molar-refractivity contribution in [1.82, 2.24) is 0 Å². The predicted octanol–water partition coefficient (Wildman–Crippen LogP) is 5.35. The van der Waals surface area contributed by atoms with Gasteiger partial charge in [-0.05, 0) is 32.1 Å². The molecule has 0 aromatic heterocycles. The van der Waals surface area contributed by atoms with Crippen LogP contribution in [0.2, 0.25) is 0 Å². The Hall–Kier alpha value is -1.32. The maximum absolute atomic E-state index is 12.4. The van der Waals surface area contributed by atoms with Crippen LogP contribution in [0.15, 0.2) is 11.1 Å². The Kier molecular flexibility index (Phi) is 14.4. The molecule has 0 rings (SSSR count). The number of esters is 2. The lowest BCUT2D eigenvalue weighted by Crippen LogP contribution is -2.17. The van der Waals surface area contributed by atoms with Gasteiger partial charge in [0.2, 0.25) is 0 Å². The van der Waals surface area contributed by atoms with Crippen LogP contribution in [0.4, 0.5) is 0 Å². The largest absolute Gasteiger partial charge is 0.462 e. The second kappa shape index (κ2) is 15.2. The van der Waals surface area contributed by atoms with Gasteiger partial charge in [-0.15, -0.1) is 0 Å². The molecular weight excluding hydrogens is 304 g/mol. The third-order valence-electron chi connectivity index (χ3n) is 3.87. The van der Waals surface area contributed by atoms with Gasteiger partial charge >= 0.3 is 11.9 Å². The summed E-state index contributed by atoms with van der Waals surface area (Å²) in [6.07, 6.45) is 9.50. The van der Waals surface area contributed by atoms with Crippen molar-refractivity contribution in [2.45, 2.75) is 91.9 Å². The molecule has 0 radical (unpaired) electrons. The van der Waals surface area contributed by atoms with Crippen LogP contribution in [0, 0.1) is 0 Å². The highest BCUT2D eigenvalue weighted by molar-refractivity contribution is 6.00. The van der Waals surface area contributed by atoms with Gasteiger partial charge in [0.05, 0.1) is 13.2 Å². The molecule has 0 spiro atoms.